The Labute approximate surface area is 76.9 Å². The normalized spacial score (nSPS) is 13.2. The molecule has 1 unspecified atom stereocenters. The summed E-state index contributed by atoms with van der Waals surface area (Å²) in [6.07, 6.45) is 0. The van der Waals surface area contributed by atoms with Crippen molar-refractivity contribution in [3.05, 3.63) is 0 Å². The molecule has 0 aliphatic rings. The Morgan fingerprint density at radius 3 is 2.36 bits per heavy atom. The highest BCUT2D eigenvalue weighted by molar-refractivity contribution is 9.09. The SMILES string of the molecule is CC(C)C(C)C(=O)NCCBr. The van der Waals surface area contributed by atoms with E-state index in [0.717, 1.165) is 11.9 Å². The summed E-state index contributed by atoms with van der Waals surface area (Å²) in [5.41, 5.74) is 0. The van der Waals surface area contributed by atoms with Crippen molar-refractivity contribution in [2.24, 2.45) is 11.8 Å². The third-order valence-electron chi connectivity index (χ3n) is 1.81. The maximum atomic E-state index is 11.2. The molecule has 3 heteroatoms. The van der Waals surface area contributed by atoms with Crippen LogP contribution >= 0.6 is 15.9 Å². The summed E-state index contributed by atoms with van der Waals surface area (Å²) in [5, 5.41) is 3.65. The number of hydrogen-bond donors (Lipinski definition) is 1. The average Bonchev–Trinajstić information content (AvgIpc) is 1.98. The maximum Gasteiger partial charge on any atom is 0.223 e. The van der Waals surface area contributed by atoms with Crippen LogP contribution in [0.15, 0.2) is 0 Å². The molecule has 2 nitrogen and oxygen atoms in total. The highest BCUT2D eigenvalue weighted by Gasteiger charge is 2.15. The molecule has 0 aromatic carbocycles. The second-order valence-electron chi connectivity index (χ2n) is 3.01. The van der Waals surface area contributed by atoms with Gasteiger partial charge in [-0.2, -0.15) is 0 Å². The monoisotopic (exact) mass is 221 g/mol. The number of rotatable bonds is 4. The van der Waals surface area contributed by atoms with Gasteiger partial charge < -0.3 is 5.32 Å². The molecule has 0 heterocycles. The molecular weight excluding hydrogens is 206 g/mol. The van der Waals surface area contributed by atoms with Gasteiger partial charge in [-0.1, -0.05) is 36.7 Å². The van der Waals surface area contributed by atoms with Crippen molar-refractivity contribution in [3.8, 4) is 0 Å². The van der Waals surface area contributed by atoms with Crippen molar-refractivity contribution in [1.82, 2.24) is 5.32 Å². The van der Waals surface area contributed by atoms with E-state index in [0.29, 0.717) is 5.92 Å². The fourth-order valence-electron chi connectivity index (χ4n) is 0.634. The molecule has 0 spiro atoms. The Kier molecular flexibility index (Phi) is 5.56. The highest BCUT2D eigenvalue weighted by Crippen LogP contribution is 2.08. The molecule has 0 rings (SSSR count). The minimum atomic E-state index is 0.119. The highest BCUT2D eigenvalue weighted by atomic mass is 79.9. The molecular formula is C8H16BrNO. The molecule has 0 saturated carbocycles. The summed E-state index contributed by atoms with van der Waals surface area (Å²) >= 11 is 3.25. The predicted octanol–water partition coefficient (Wildman–Crippen LogP) is 1.79. The van der Waals surface area contributed by atoms with Crippen LogP contribution < -0.4 is 5.32 Å². The van der Waals surface area contributed by atoms with Gasteiger partial charge in [0.1, 0.15) is 0 Å². The van der Waals surface area contributed by atoms with Crippen LogP contribution in [-0.2, 0) is 4.79 Å². The van der Waals surface area contributed by atoms with Gasteiger partial charge in [-0.25, -0.2) is 0 Å². The minimum Gasteiger partial charge on any atom is -0.355 e. The van der Waals surface area contributed by atoms with Crippen LogP contribution in [-0.4, -0.2) is 17.8 Å². The first-order valence-corrected chi connectivity index (χ1v) is 5.05. The lowest BCUT2D eigenvalue weighted by Gasteiger charge is -2.14. The second-order valence-corrected chi connectivity index (χ2v) is 3.81. The fraction of sp³-hybridized carbons (Fsp3) is 0.875. The Bertz CT molecular complexity index is 125. The second kappa shape index (κ2) is 5.58. The van der Waals surface area contributed by atoms with Crippen molar-refractivity contribution in [1.29, 1.82) is 0 Å². The van der Waals surface area contributed by atoms with E-state index in [1.807, 2.05) is 6.92 Å². The topological polar surface area (TPSA) is 29.1 Å². The Balaban J connectivity index is 3.64. The first-order valence-electron chi connectivity index (χ1n) is 3.93. The van der Waals surface area contributed by atoms with Crippen LogP contribution in [0.3, 0.4) is 0 Å². The smallest absolute Gasteiger partial charge is 0.223 e. The van der Waals surface area contributed by atoms with E-state index in [9.17, 15) is 4.79 Å². The Morgan fingerprint density at radius 2 is 2.00 bits per heavy atom. The standard InChI is InChI=1S/C8H16BrNO/c1-6(2)7(3)8(11)10-5-4-9/h6-7H,4-5H2,1-3H3,(H,10,11). The third kappa shape index (κ3) is 4.40. The molecule has 0 aliphatic carbocycles. The van der Waals surface area contributed by atoms with Gasteiger partial charge in [0.25, 0.3) is 0 Å². The van der Waals surface area contributed by atoms with E-state index < -0.39 is 0 Å². The lowest BCUT2D eigenvalue weighted by Crippen LogP contribution is -2.32. The zero-order valence-corrected chi connectivity index (χ0v) is 8.94. The summed E-state index contributed by atoms with van der Waals surface area (Å²) in [7, 11) is 0. The molecule has 66 valence electrons. The summed E-state index contributed by atoms with van der Waals surface area (Å²) in [6.45, 7) is 6.78. The van der Waals surface area contributed by atoms with Gasteiger partial charge in [0.2, 0.25) is 5.91 Å². The summed E-state index contributed by atoms with van der Waals surface area (Å²) in [4.78, 5) is 11.2. The molecule has 0 saturated heterocycles. The Morgan fingerprint density at radius 1 is 1.45 bits per heavy atom. The summed E-state index contributed by atoms with van der Waals surface area (Å²) in [6, 6.07) is 0. The van der Waals surface area contributed by atoms with Gasteiger partial charge in [0, 0.05) is 17.8 Å². The van der Waals surface area contributed by atoms with E-state index in [1.165, 1.54) is 0 Å². The largest absolute Gasteiger partial charge is 0.355 e. The average molecular weight is 222 g/mol. The molecule has 1 N–H and O–H groups in total. The summed E-state index contributed by atoms with van der Waals surface area (Å²) in [5.74, 6) is 0.693. The number of hydrogen-bond acceptors (Lipinski definition) is 1. The quantitative estimate of drug-likeness (QED) is 0.722. The van der Waals surface area contributed by atoms with Crippen LogP contribution in [0.4, 0.5) is 0 Å². The minimum absolute atomic E-state index is 0.119. The van der Waals surface area contributed by atoms with Crippen LogP contribution in [0, 0.1) is 11.8 Å². The molecule has 0 aliphatic heterocycles. The first kappa shape index (κ1) is 11.0. The number of carbonyl (C=O) groups excluding carboxylic acids is 1. The van der Waals surface area contributed by atoms with E-state index in [-0.39, 0.29) is 11.8 Å². The number of nitrogens with one attached hydrogen (secondary N) is 1. The van der Waals surface area contributed by atoms with Gasteiger partial charge in [0.15, 0.2) is 0 Å². The molecule has 11 heavy (non-hydrogen) atoms. The van der Waals surface area contributed by atoms with E-state index >= 15 is 0 Å². The van der Waals surface area contributed by atoms with Crippen molar-refractivity contribution in [2.45, 2.75) is 20.8 Å². The number of halogens is 1. The fourth-order valence-corrected chi connectivity index (χ4v) is 0.832. The lowest BCUT2D eigenvalue weighted by molar-refractivity contribution is -0.125. The number of alkyl halides is 1. The molecule has 0 aromatic heterocycles. The molecule has 0 fully saturated rings. The van der Waals surface area contributed by atoms with E-state index in [4.69, 9.17) is 0 Å². The predicted molar refractivity (Wildman–Crippen MR) is 50.8 cm³/mol. The van der Waals surface area contributed by atoms with Gasteiger partial charge in [0.05, 0.1) is 0 Å². The van der Waals surface area contributed by atoms with Crippen LogP contribution in [0.2, 0.25) is 0 Å². The third-order valence-corrected chi connectivity index (χ3v) is 2.20. The number of amides is 1. The molecule has 1 amide bonds. The van der Waals surface area contributed by atoms with Crippen molar-refractivity contribution >= 4 is 21.8 Å². The van der Waals surface area contributed by atoms with Crippen molar-refractivity contribution in [3.63, 3.8) is 0 Å². The van der Waals surface area contributed by atoms with Gasteiger partial charge in [-0.3, -0.25) is 4.79 Å². The van der Waals surface area contributed by atoms with E-state index in [1.54, 1.807) is 0 Å². The van der Waals surface area contributed by atoms with Crippen LogP contribution in [0.25, 0.3) is 0 Å². The molecule has 0 radical (unpaired) electrons. The maximum absolute atomic E-state index is 11.2. The Hall–Kier alpha value is -0.0500. The van der Waals surface area contributed by atoms with Gasteiger partial charge in [-0.05, 0) is 5.92 Å². The number of carbonyl (C=O) groups is 1. The van der Waals surface area contributed by atoms with Crippen LogP contribution in [0.1, 0.15) is 20.8 Å². The van der Waals surface area contributed by atoms with Gasteiger partial charge in [-0.15, -0.1) is 0 Å². The van der Waals surface area contributed by atoms with Crippen LogP contribution in [0.5, 0.6) is 0 Å². The lowest BCUT2D eigenvalue weighted by atomic mass is 9.97. The van der Waals surface area contributed by atoms with Crippen molar-refractivity contribution in [2.75, 3.05) is 11.9 Å². The zero-order valence-electron chi connectivity index (χ0n) is 7.36. The van der Waals surface area contributed by atoms with E-state index in [2.05, 4.69) is 35.1 Å². The summed E-state index contributed by atoms with van der Waals surface area (Å²) < 4.78 is 0. The molecule has 1 atom stereocenters. The molecule has 0 aromatic rings. The first-order chi connectivity index (χ1) is 5.09. The van der Waals surface area contributed by atoms with Crippen molar-refractivity contribution < 1.29 is 4.79 Å². The zero-order chi connectivity index (χ0) is 8.85. The van der Waals surface area contributed by atoms with Gasteiger partial charge >= 0.3 is 0 Å². The molecule has 0 bridgehead atoms.